The molecule has 1 aliphatic heterocycles. The summed E-state index contributed by atoms with van der Waals surface area (Å²) in [4.78, 5) is 11.2. The number of ether oxygens (including phenoxy) is 1. The maximum Gasteiger partial charge on any atom is 0.330 e. The highest BCUT2D eigenvalue weighted by Gasteiger charge is 2.32. The summed E-state index contributed by atoms with van der Waals surface area (Å²) in [6.07, 6.45) is 3.22. The van der Waals surface area contributed by atoms with Gasteiger partial charge < -0.3 is 4.74 Å². The van der Waals surface area contributed by atoms with Crippen molar-refractivity contribution in [3.05, 3.63) is 66.2 Å². The molecule has 3 rings (SSSR count). The van der Waals surface area contributed by atoms with E-state index in [0.717, 1.165) is 23.6 Å². The topological polar surface area (TPSA) is 32.3 Å². The van der Waals surface area contributed by atoms with Crippen molar-refractivity contribution in [3.8, 4) is 0 Å². The summed E-state index contributed by atoms with van der Waals surface area (Å²) in [5.41, 5.74) is 3.21. The number of esters is 1. The van der Waals surface area contributed by atoms with Gasteiger partial charge in [0.1, 0.15) is 6.67 Å². The van der Waals surface area contributed by atoms with Gasteiger partial charge in [-0.05, 0) is 29.8 Å². The van der Waals surface area contributed by atoms with Gasteiger partial charge in [-0.2, -0.15) is 0 Å². The zero-order valence-electron chi connectivity index (χ0n) is 11.8. The largest absolute Gasteiger partial charge is 0.466 e. The Morgan fingerprint density at radius 1 is 1.05 bits per heavy atom. The number of anilines is 2. The molecule has 2 aromatic carbocycles. The Balaban J connectivity index is 1.81. The number of benzene rings is 2. The normalized spacial score (nSPS) is 13.6. The molecular weight excluding hydrogens is 264 g/mol. The van der Waals surface area contributed by atoms with Crippen LogP contribution in [0.3, 0.4) is 0 Å². The number of nitrogens with zero attached hydrogens (tertiary/aromatic N) is 2. The zero-order chi connectivity index (χ0) is 14.7. The van der Waals surface area contributed by atoms with Gasteiger partial charge in [0, 0.05) is 6.08 Å². The van der Waals surface area contributed by atoms with E-state index in [1.807, 2.05) is 42.5 Å². The first kappa shape index (κ1) is 13.2. The van der Waals surface area contributed by atoms with Gasteiger partial charge in [0.15, 0.2) is 0 Å². The molecule has 0 amide bonds. The van der Waals surface area contributed by atoms with E-state index in [2.05, 4.69) is 26.9 Å². The average molecular weight is 280 g/mol. The molecule has 106 valence electrons. The van der Waals surface area contributed by atoms with Crippen LogP contribution < -0.4 is 10.0 Å². The predicted molar refractivity (Wildman–Crippen MR) is 83.8 cm³/mol. The number of hydrazine groups is 1. The molecule has 0 aliphatic carbocycles. The molecule has 1 heterocycles. The Morgan fingerprint density at radius 3 is 2.52 bits per heavy atom. The number of para-hydroxylation sites is 2. The van der Waals surface area contributed by atoms with Gasteiger partial charge in [0.05, 0.1) is 18.5 Å². The van der Waals surface area contributed by atoms with Crippen molar-refractivity contribution in [2.45, 2.75) is 0 Å². The molecule has 0 saturated carbocycles. The van der Waals surface area contributed by atoms with Crippen molar-refractivity contribution >= 4 is 23.4 Å². The molecule has 1 aliphatic rings. The van der Waals surface area contributed by atoms with Gasteiger partial charge in [-0.1, -0.05) is 36.4 Å². The zero-order valence-corrected chi connectivity index (χ0v) is 11.8. The van der Waals surface area contributed by atoms with E-state index in [-0.39, 0.29) is 5.97 Å². The monoisotopic (exact) mass is 280 g/mol. The number of rotatable bonds is 4. The smallest absolute Gasteiger partial charge is 0.330 e. The number of methoxy groups -OCH3 is 1. The second-order valence-corrected chi connectivity index (χ2v) is 4.69. The Kier molecular flexibility index (Phi) is 3.60. The highest BCUT2D eigenvalue weighted by molar-refractivity contribution is 5.89. The third-order valence-electron chi connectivity index (χ3n) is 3.34. The molecule has 4 nitrogen and oxygen atoms in total. The molecule has 1 fully saturated rings. The predicted octanol–water partition coefficient (Wildman–Crippen LogP) is 3.07. The standard InChI is InChI=1S/C17H16N2O2/c1-21-17(20)12-11-14-7-5-6-10-16(14)19-13-18(19)15-8-3-2-4-9-15/h2-12H,13H2,1H3/b12-11+. The lowest BCUT2D eigenvalue weighted by atomic mass is 10.1. The van der Waals surface area contributed by atoms with Crippen LogP contribution >= 0.6 is 0 Å². The van der Waals surface area contributed by atoms with Gasteiger partial charge in [-0.25, -0.2) is 4.79 Å². The lowest BCUT2D eigenvalue weighted by Gasteiger charge is -2.10. The van der Waals surface area contributed by atoms with Crippen molar-refractivity contribution < 1.29 is 9.53 Å². The van der Waals surface area contributed by atoms with Crippen LogP contribution in [0.4, 0.5) is 11.4 Å². The molecule has 0 aromatic heterocycles. The summed E-state index contributed by atoms with van der Waals surface area (Å²) in [6.45, 7) is 0.840. The van der Waals surface area contributed by atoms with Crippen molar-refractivity contribution in [2.24, 2.45) is 0 Å². The van der Waals surface area contributed by atoms with Crippen molar-refractivity contribution in [3.63, 3.8) is 0 Å². The van der Waals surface area contributed by atoms with Crippen LogP contribution in [0, 0.1) is 0 Å². The van der Waals surface area contributed by atoms with E-state index in [1.54, 1.807) is 6.08 Å². The Hall–Kier alpha value is -2.75. The molecule has 21 heavy (non-hydrogen) atoms. The summed E-state index contributed by atoms with van der Waals surface area (Å²) in [7, 11) is 1.38. The summed E-state index contributed by atoms with van der Waals surface area (Å²) in [5.74, 6) is -0.351. The van der Waals surface area contributed by atoms with Crippen LogP contribution in [0.25, 0.3) is 6.08 Å². The molecule has 0 N–H and O–H groups in total. The summed E-state index contributed by atoms with van der Waals surface area (Å²) in [5, 5.41) is 4.33. The third-order valence-corrected chi connectivity index (χ3v) is 3.34. The number of carbonyl (C=O) groups is 1. The van der Waals surface area contributed by atoms with Gasteiger partial charge in [-0.15, -0.1) is 0 Å². The molecule has 0 unspecified atom stereocenters. The van der Waals surface area contributed by atoms with Crippen LogP contribution in [0.1, 0.15) is 5.56 Å². The fourth-order valence-corrected chi connectivity index (χ4v) is 2.22. The SMILES string of the molecule is COC(=O)/C=C/c1ccccc1N1CN1c1ccccc1. The van der Waals surface area contributed by atoms with Gasteiger partial charge in [-0.3, -0.25) is 10.0 Å². The molecule has 0 atom stereocenters. The maximum atomic E-state index is 11.2. The summed E-state index contributed by atoms with van der Waals surface area (Å²) in [6, 6.07) is 18.2. The summed E-state index contributed by atoms with van der Waals surface area (Å²) >= 11 is 0. The molecule has 1 saturated heterocycles. The van der Waals surface area contributed by atoms with Gasteiger partial charge in [0.2, 0.25) is 0 Å². The van der Waals surface area contributed by atoms with Crippen LogP contribution in [0.5, 0.6) is 0 Å². The van der Waals surface area contributed by atoms with Crippen LogP contribution in [0.15, 0.2) is 60.7 Å². The van der Waals surface area contributed by atoms with E-state index in [1.165, 1.54) is 13.2 Å². The van der Waals surface area contributed by atoms with Gasteiger partial charge in [0.25, 0.3) is 0 Å². The van der Waals surface area contributed by atoms with E-state index in [0.29, 0.717) is 0 Å². The van der Waals surface area contributed by atoms with Crippen LogP contribution in [0.2, 0.25) is 0 Å². The van der Waals surface area contributed by atoms with Crippen LogP contribution in [-0.2, 0) is 9.53 Å². The molecule has 0 spiro atoms. The molecule has 4 heteroatoms. The minimum Gasteiger partial charge on any atom is -0.466 e. The fourth-order valence-electron chi connectivity index (χ4n) is 2.22. The summed E-state index contributed by atoms with van der Waals surface area (Å²) < 4.78 is 4.63. The lowest BCUT2D eigenvalue weighted by Crippen LogP contribution is -2.05. The fraction of sp³-hybridized carbons (Fsp3) is 0.118. The highest BCUT2D eigenvalue weighted by Crippen LogP contribution is 2.34. The number of hydrogen-bond acceptors (Lipinski definition) is 4. The van der Waals surface area contributed by atoms with Crippen molar-refractivity contribution in [1.82, 2.24) is 0 Å². The van der Waals surface area contributed by atoms with Crippen molar-refractivity contribution in [1.29, 1.82) is 0 Å². The lowest BCUT2D eigenvalue weighted by molar-refractivity contribution is -0.134. The Labute approximate surface area is 123 Å². The first-order chi connectivity index (χ1) is 10.3. The van der Waals surface area contributed by atoms with E-state index < -0.39 is 0 Å². The minimum absolute atomic E-state index is 0.351. The van der Waals surface area contributed by atoms with Gasteiger partial charge >= 0.3 is 5.97 Å². The van der Waals surface area contributed by atoms with E-state index in [9.17, 15) is 4.79 Å². The molecule has 2 aromatic rings. The molecular formula is C17H16N2O2. The number of carbonyl (C=O) groups excluding carboxylic acids is 1. The van der Waals surface area contributed by atoms with Crippen LogP contribution in [-0.4, -0.2) is 19.7 Å². The van der Waals surface area contributed by atoms with E-state index in [4.69, 9.17) is 0 Å². The molecule has 0 radical (unpaired) electrons. The highest BCUT2D eigenvalue weighted by atomic mass is 16.5. The third kappa shape index (κ3) is 2.89. The quantitative estimate of drug-likeness (QED) is 0.489. The van der Waals surface area contributed by atoms with E-state index >= 15 is 0 Å². The Bertz CT molecular complexity index is 668. The van der Waals surface area contributed by atoms with Crippen molar-refractivity contribution in [2.75, 3.05) is 23.8 Å². The average Bonchev–Trinajstić information content (AvgIpc) is 3.34. The first-order valence-corrected chi connectivity index (χ1v) is 6.74. The molecule has 0 bridgehead atoms. The second kappa shape index (κ2) is 5.71. The Morgan fingerprint density at radius 2 is 1.76 bits per heavy atom. The maximum absolute atomic E-state index is 11.2. The second-order valence-electron chi connectivity index (χ2n) is 4.69. The number of hydrogen-bond donors (Lipinski definition) is 0. The first-order valence-electron chi connectivity index (χ1n) is 6.74. The minimum atomic E-state index is -0.351.